The highest BCUT2D eigenvalue weighted by Gasteiger charge is 2.21. The van der Waals surface area contributed by atoms with Crippen molar-refractivity contribution >= 4 is 5.96 Å². The van der Waals surface area contributed by atoms with Crippen molar-refractivity contribution in [3.8, 4) is 0 Å². The Kier molecular flexibility index (Phi) is 7.69. The summed E-state index contributed by atoms with van der Waals surface area (Å²) < 4.78 is 2.02. The molecule has 1 aromatic heterocycles. The van der Waals surface area contributed by atoms with Crippen LogP contribution in [0, 0.1) is 0 Å². The number of benzene rings is 1. The molecule has 29 heavy (non-hydrogen) atoms. The maximum absolute atomic E-state index is 4.68. The van der Waals surface area contributed by atoms with E-state index in [4.69, 9.17) is 0 Å². The zero-order valence-corrected chi connectivity index (χ0v) is 18.4. The van der Waals surface area contributed by atoms with Crippen LogP contribution in [0.25, 0.3) is 0 Å². The lowest BCUT2D eigenvalue weighted by Gasteiger charge is -2.34. The van der Waals surface area contributed by atoms with E-state index < -0.39 is 0 Å². The molecule has 3 rings (SSSR count). The number of nitrogens with one attached hydrogen (secondary N) is 2. The predicted molar refractivity (Wildman–Crippen MR) is 120 cm³/mol. The molecule has 1 saturated heterocycles. The molecule has 0 radical (unpaired) electrons. The third-order valence-electron chi connectivity index (χ3n) is 5.78. The van der Waals surface area contributed by atoms with Crippen molar-refractivity contribution in [2.45, 2.75) is 58.7 Å². The van der Waals surface area contributed by atoms with Gasteiger partial charge in [-0.25, -0.2) is 0 Å². The number of nitrogens with zero attached hydrogens (tertiary/aromatic N) is 4. The largest absolute Gasteiger partial charge is 0.352 e. The van der Waals surface area contributed by atoms with Gasteiger partial charge in [0.05, 0.1) is 5.69 Å². The van der Waals surface area contributed by atoms with Gasteiger partial charge < -0.3 is 10.6 Å². The van der Waals surface area contributed by atoms with Gasteiger partial charge in [-0.15, -0.1) is 0 Å². The normalized spacial score (nSPS) is 18.1. The smallest absolute Gasteiger partial charge is 0.191 e. The number of likely N-dealkylation sites (tertiary alicyclic amines) is 1. The molecule has 0 spiro atoms. The Hall–Kier alpha value is -2.34. The van der Waals surface area contributed by atoms with Gasteiger partial charge in [0.15, 0.2) is 5.96 Å². The number of aromatic nitrogens is 2. The Morgan fingerprint density at radius 2 is 2.00 bits per heavy atom. The summed E-state index contributed by atoms with van der Waals surface area (Å²) in [4.78, 5) is 7.01. The Labute approximate surface area is 175 Å². The third kappa shape index (κ3) is 5.60. The van der Waals surface area contributed by atoms with Crippen molar-refractivity contribution in [2.24, 2.45) is 12.0 Å². The molecule has 0 amide bonds. The van der Waals surface area contributed by atoms with Crippen LogP contribution in [0.1, 0.15) is 49.2 Å². The van der Waals surface area contributed by atoms with Crippen LogP contribution in [0.5, 0.6) is 0 Å². The minimum atomic E-state index is 0.420. The lowest BCUT2D eigenvalue weighted by atomic mass is 10.0. The molecule has 2 aromatic rings. The van der Waals surface area contributed by atoms with Gasteiger partial charge in [-0.1, -0.05) is 44.2 Å². The maximum atomic E-state index is 4.68. The standard InChI is InChI=1S/C23H36N6/c1-5-21-20(22(6-2)28(4)27-21)15-25-23(24-3)26-19-13-10-14-29(17-19)16-18-11-8-7-9-12-18/h7-9,11-12,19H,5-6,10,13-17H2,1-4H3,(H2,24,25,26). The summed E-state index contributed by atoms with van der Waals surface area (Å²) in [5.41, 5.74) is 5.18. The molecular formula is C23H36N6. The molecule has 0 bridgehead atoms. The molecule has 1 unspecified atom stereocenters. The Morgan fingerprint density at radius 3 is 2.69 bits per heavy atom. The number of rotatable bonds is 7. The van der Waals surface area contributed by atoms with Crippen LogP contribution in [-0.4, -0.2) is 46.8 Å². The van der Waals surface area contributed by atoms with E-state index in [0.717, 1.165) is 45.0 Å². The molecule has 6 heteroatoms. The van der Waals surface area contributed by atoms with Crippen molar-refractivity contribution in [2.75, 3.05) is 20.1 Å². The highest BCUT2D eigenvalue weighted by Crippen LogP contribution is 2.16. The van der Waals surface area contributed by atoms with Crippen molar-refractivity contribution in [1.29, 1.82) is 0 Å². The van der Waals surface area contributed by atoms with E-state index in [2.05, 4.69) is 69.8 Å². The van der Waals surface area contributed by atoms with E-state index >= 15 is 0 Å². The Balaban J connectivity index is 1.56. The first kappa shape index (κ1) is 21.4. The van der Waals surface area contributed by atoms with Crippen molar-refractivity contribution in [1.82, 2.24) is 25.3 Å². The SMILES string of the molecule is CCc1nn(C)c(CC)c1CNC(=NC)NC1CCCN(Cc2ccccc2)C1. The first-order valence-electron chi connectivity index (χ1n) is 10.9. The van der Waals surface area contributed by atoms with E-state index in [9.17, 15) is 0 Å². The van der Waals surface area contributed by atoms with Crippen LogP contribution < -0.4 is 10.6 Å². The van der Waals surface area contributed by atoms with Crippen molar-refractivity contribution in [3.63, 3.8) is 0 Å². The summed E-state index contributed by atoms with van der Waals surface area (Å²) in [6, 6.07) is 11.2. The highest BCUT2D eigenvalue weighted by atomic mass is 15.3. The average molecular weight is 397 g/mol. The molecule has 2 heterocycles. The van der Waals surface area contributed by atoms with E-state index in [1.165, 1.54) is 35.4 Å². The van der Waals surface area contributed by atoms with Crippen LogP contribution in [0.4, 0.5) is 0 Å². The van der Waals surface area contributed by atoms with Gasteiger partial charge in [0.1, 0.15) is 0 Å². The Morgan fingerprint density at radius 1 is 1.21 bits per heavy atom. The van der Waals surface area contributed by atoms with Gasteiger partial charge in [0, 0.05) is 51.0 Å². The number of piperidine rings is 1. The topological polar surface area (TPSA) is 57.5 Å². The van der Waals surface area contributed by atoms with Crippen LogP contribution in [0.2, 0.25) is 0 Å². The summed E-state index contributed by atoms with van der Waals surface area (Å²) in [6.45, 7) is 8.34. The second-order valence-electron chi connectivity index (χ2n) is 7.83. The van der Waals surface area contributed by atoms with E-state index in [-0.39, 0.29) is 0 Å². The number of guanidine groups is 1. The van der Waals surface area contributed by atoms with Crippen LogP contribution in [0.3, 0.4) is 0 Å². The fraction of sp³-hybridized carbons (Fsp3) is 0.565. The van der Waals surface area contributed by atoms with Crippen LogP contribution in [-0.2, 0) is 33.0 Å². The number of aliphatic imine (C=N–C) groups is 1. The van der Waals surface area contributed by atoms with Gasteiger partial charge in [0.25, 0.3) is 0 Å². The van der Waals surface area contributed by atoms with Crippen molar-refractivity contribution in [3.05, 3.63) is 52.8 Å². The summed E-state index contributed by atoms with van der Waals surface area (Å²) in [6.07, 6.45) is 4.33. The minimum Gasteiger partial charge on any atom is -0.352 e. The van der Waals surface area contributed by atoms with E-state index in [1.807, 2.05) is 18.8 Å². The Bertz CT molecular complexity index is 795. The molecule has 0 saturated carbocycles. The molecule has 6 nitrogen and oxygen atoms in total. The first-order chi connectivity index (χ1) is 14.1. The van der Waals surface area contributed by atoms with Crippen LogP contribution in [0.15, 0.2) is 35.3 Å². The summed E-state index contributed by atoms with van der Waals surface area (Å²) in [7, 11) is 3.89. The maximum Gasteiger partial charge on any atom is 0.191 e. The van der Waals surface area contributed by atoms with Gasteiger partial charge in [-0.05, 0) is 37.8 Å². The quantitative estimate of drug-likeness (QED) is 0.558. The lowest BCUT2D eigenvalue weighted by molar-refractivity contribution is 0.192. The average Bonchev–Trinajstić information content (AvgIpc) is 3.06. The second-order valence-corrected chi connectivity index (χ2v) is 7.83. The first-order valence-corrected chi connectivity index (χ1v) is 10.9. The van der Waals surface area contributed by atoms with E-state index in [1.54, 1.807) is 0 Å². The number of hydrogen-bond acceptors (Lipinski definition) is 3. The molecule has 2 N–H and O–H groups in total. The monoisotopic (exact) mass is 396 g/mol. The summed E-state index contributed by atoms with van der Waals surface area (Å²) >= 11 is 0. The minimum absolute atomic E-state index is 0.420. The number of aryl methyl sites for hydroxylation is 2. The van der Waals surface area contributed by atoms with Gasteiger partial charge in [-0.3, -0.25) is 14.6 Å². The van der Waals surface area contributed by atoms with Gasteiger partial charge >= 0.3 is 0 Å². The zero-order valence-electron chi connectivity index (χ0n) is 18.4. The fourth-order valence-corrected chi connectivity index (χ4v) is 4.31. The van der Waals surface area contributed by atoms with Gasteiger partial charge in [0.2, 0.25) is 0 Å². The molecule has 1 aliphatic heterocycles. The molecule has 1 fully saturated rings. The fourth-order valence-electron chi connectivity index (χ4n) is 4.31. The predicted octanol–water partition coefficient (Wildman–Crippen LogP) is 2.87. The molecule has 1 aromatic carbocycles. The molecule has 0 aliphatic carbocycles. The third-order valence-corrected chi connectivity index (χ3v) is 5.78. The molecule has 158 valence electrons. The number of hydrogen-bond donors (Lipinski definition) is 2. The summed E-state index contributed by atoms with van der Waals surface area (Å²) in [5.74, 6) is 0.879. The highest BCUT2D eigenvalue weighted by molar-refractivity contribution is 5.80. The zero-order chi connectivity index (χ0) is 20.6. The second kappa shape index (κ2) is 10.4. The molecular weight excluding hydrogens is 360 g/mol. The molecule has 1 aliphatic rings. The lowest BCUT2D eigenvalue weighted by Crippen LogP contribution is -2.50. The van der Waals surface area contributed by atoms with E-state index in [0.29, 0.717) is 6.04 Å². The van der Waals surface area contributed by atoms with Crippen molar-refractivity contribution < 1.29 is 0 Å². The van der Waals surface area contributed by atoms with Crippen LogP contribution >= 0.6 is 0 Å². The summed E-state index contributed by atoms with van der Waals surface area (Å²) in [5, 5.41) is 11.8. The molecule has 1 atom stereocenters. The van der Waals surface area contributed by atoms with Gasteiger partial charge in [-0.2, -0.15) is 5.10 Å².